The highest BCUT2D eigenvalue weighted by atomic mass is 32.2. The Bertz CT molecular complexity index is 938. The quantitative estimate of drug-likeness (QED) is 0.137. The summed E-state index contributed by atoms with van der Waals surface area (Å²) in [6.07, 6.45) is 0. The van der Waals surface area contributed by atoms with Crippen molar-refractivity contribution in [2.24, 2.45) is 10.2 Å². The molecule has 0 aliphatic carbocycles. The van der Waals surface area contributed by atoms with Crippen LogP contribution < -0.4 is 5.32 Å². The normalized spacial score (nSPS) is 11.9. The molecule has 2 aromatic carbocycles. The monoisotopic (exact) mass is 422 g/mol. The predicted octanol–water partition coefficient (Wildman–Crippen LogP) is 3.41. The molecule has 0 saturated heterocycles. The molecule has 0 aliphatic rings. The maximum atomic E-state index is 12.3. The molecular weight excluding hydrogens is 408 g/mol. The number of nitro groups is 1. The maximum absolute atomic E-state index is 12.3. The SMILES string of the molecule is CC(=O)C(N=Nc1cc([N+](=O)[O-])cc(SOOO)c1O)C(=O)Nc1ccccc1. The molecule has 0 fully saturated rings. The molecule has 12 nitrogen and oxygen atoms in total. The highest BCUT2D eigenvalue weighted by molar-refractivity contribution is 7.94. The molecule has 0 spiro atoms. The van der Waals surface area contributed by atoms with E-state index in [9.17, 15) is 24.8 Å². The van der Waals surface area contributed by atoms with Gasteiger partial charge in [0.2, 0.25) is 6.04 Å². The topological polar surface area (TPSA) is 173 Å². The van der Waals surface area contributed by atoms with Gasteiger partial charge in [0, 0.05) is 17.8 Å². The number of nitrogens with zero attached hydrogens (tertiary/aromatic N) is 3. The summed E-state index contributed by atoms with van der Waals surface area (Å²) in [6.45, 7) is 1.12. The van der Waals surface area contributed by atoms with Crippen molar-refractivity contribution >= 4 is 40.8 Å². The Morgan fingerprint density at radius 1 is 1.28 bits per heavy atom. The second-order valence-corrected chi connectivity index (χ2v) is 6.12. The van der Waals surface area contributed by atoms with Crippen LogP contribution in [0.25, 0.3) is 0 Å². The second-order valence-electron chi connectivity index (χ2n) is 5.38. The van der Waals surface area contributed by atoms with E-state index in [1.807, 2.05) is 0 Å². The van der Waals surface area contributed by atoms with Crippen molar-refractivity contribution in [1.29, 1.82) is 0 Å². The zero-order valence-corrected chi connectivity index (χ0v) is 15.5. The van der Waals surface area contributed by atoms with Crippen LogP contribution in [0.2, 0.25) is 0 Å². The number of carbonyl (C=O) groups is 2. The van der Waals surface area contributed by atoms with Crippen LogP contribution in [-0.2, 0) is 19.0 Å². The number of para-hydroxylation sites is 1. The largest absolute Gasteiger partial charge is 0.504 e. The lowest BCUT2D eigenvalue weighted by Crippen LogP contribution is -2.31. The molecule has 0 aromatic heterocycles. The molecule has 0 saturated carbocycles. The van der Waals surface area contributed by atoms with Crippen molar-refractivity contribution < 1.29 is 34.2 Å². The number of phenols is 1. The predicted molar refractivity (Wildman–Crippen MR) is 99.5 cm³/mol. The molecule has 1 atom stereocenters. The number of aromatic hydroxyl groups is 1. The summed E-state index contributed by atoms with van der Waals surface area (Å²) in [7, 11) is 0. The number of azo groups is 1. The third-order valence-corrected chi connectivity index (χ3v) is 3.98. The van der Waals surface area contributed by atoms with Crippen LogP contribution in [-0.4, -0.2) is 33.0 Å². The van der Waals surface area contributed by atoms with Gasteiger partial charge in [-0.25, -0.2) is 5.26 Å². The molecule has 1 unspecified atom stereocenters. The minimum Gasteiger partial charge on any atom is -0.504 e. The Kier molecular flexibility index (Phi) is 7.73. The maximum Gasteiger partial charge on any atom is 0.273 e. The fraction of sp³-hybridized carbons (Fsp3) is 0.125. The molecule has 13 heteroatoms. The van der Waals surface area contributed by atoms with Crippen molar-refractivity contribution in [1.82, 2.24) is 0 Å². The van der Waals surface area contributed by atoms with E-state index in [1.165, 1.54) is 0 Å². The number of nitrogens with one attached hydrogen (secondary N) is 1. The fourth-order valence-corrected chi connectivity index (χ4v) is 2.50. The Morgan fingerprint density at radius 2 is 1.97 bits per heavy atom. The number of hydrogen-bond donors (Lipinski definition) is 3. The van der Waals surface area contributed by atoms with Gasteiger partial charge < -0.3 is 10.4 Å². The van der Waals surface area contributed by atoms with Gasteiger partial charge in [-0.3, -0.25) is 19.7 Å². The van der Waals surface area contributed by atoms with E-state index in [1.54, 1.807) is 30.3 Å². The first kappa shape index (κ1) is 21.9. The molecular formula is C16H14N4O8S. The van der Waals surface area contributed by atoms with Gasteiger partial charge in [-0.15, -0.1) is 4.33 Å². The molecule has 0 bridgehead atoms. The fourth-order valence-electron chi connectivity index (χ4n) is 2.05. The number of Topliss-reactive ketones (excluding diaryl/α,β-unsaturated/α-hetero) is 1. The van der Waals surface area contributed by atoms with Crippen LogP contribution in [0.3, 0.4) is 0 Å². The van der Waals surface area contributed by atoms with E-state index in [0.29, 0.717) is 5.69 Å². The van der Waals surface area contributed by atoms with Crippen molar-refractivity contribution in [2.45, 2.75) is 17.9 Å². The number of benzene rings is 2. The first-order chi connectivity index (χ1) is 13.8. The number of ketones is 1. The summed E-state index contributed by atoms with van der Waals surface area (Å²) in [5, 5.41) is 42.5. The number of non-ortho nitro benzene ring substituents is 1. The van der Waals surface area contributed by atoms with E-state index in [4.69, 9.17) is 5.26 Å². The van der Waals surface area contributed by atoms with Crippen LogP contribution in [0.15, 0.2) is 57.6 Å². The first-order valence-corrected chi connectivity index (χ1v) is 8.51. The highest BCUT2D eigenvalue weighted by Gasteiger charge is 2.24. The van der Waals surface area contributed by atoms with E-state index in [2.05, 4.69) is 24.9 Å². The molecule has 2 rings (SSSR count). The van der Waals surface area contributed by atoms with Gasteiger partial charge in [0.1, 0.15) is 5.69 Å². The second kappa shape index (κ2) is 10.2. The zero-order chi connectivity index (χ0) is 21.4. The standard InChI is InChI=1S/C16H14N4O8S/c1-9(21)14(16(23)17-10-5-3-2-4-6-10)19-18-12-7-11(20(24)25)8-13(15(12)22)29-28-27-26/h2-8,14,22,26H,1H3,(H,17,23). The first-order valence-electron chi connectivity index (χ1n) is 7.77. The van der Waals surface area contributed by atoms with Gasteiger partial charge in [0.25, 0.3) is 11.6 Å². The summed E-state index contributed by atoms with van der Waals surface area (Å²) in [6, 6.07) is 8.57. The van der Waals surface area contributed by atoms with Crippen LogP contribution in [0.1, 0.15) is 6.92 Å². The molecule has 29 heavy (non-hydrogen) atoms. The number of hydrogen-bond acceptors (Lipinski definition) is 11. The van der Waals surface area contributed by atoms with E-state index in [-0.39, 0.29) is 16.9 Å². The molecule has 1 amide bonds. The molecule has 2 aromatic rings. The van der Waals surface area contributed by atoms with Gasteiger partial charge >= 0.3 is 0 Å². The van der Waals surface area contributed by atoms with Gasteiger partial charge in [0.15, 0.2) is 11.5 Å². The van der Waals surface area contributed by atoms with E-state index >= 15 is 0 Å². The Hall–Kier alpha value is -3.39. The number of rotatable bonds is 9. The molecule has 0 heterocycles. The van der Waals surface area contributed by atoms with Crippen molar-refractivity contribution in [2.75, 3.05) is 5.32 Å². The molecule has 0 aliphatic heterocycles. The van der Waals surface area contributed by atoms with Crippen LogP contribution in [0, 0.1) is 10.1 Å². The van der Waals surface area contributed by atoms with Crippen molar-refractivity contribution in [3.63, 3.8) is 0 Å². The summed E-state index contributed by atoms with van der Waals surface area (Å²) in [5.41, 5.74) is -0.465. The van der Waals surface area contributed by atoms with E-state index < -0.39 is 39.8 Å². The van der Waals surface area contributed by atoms with Crippen molar-refractivity contribution in [3.05, 3.63) is 52.6 Å². The number of phenolic OH excluding ortho intramolecular Hbond substituents is 1. The number of anilines is 1. The third-order valence-electron chi connectivity index (χ3n) is 3.36. The molecule has 3 N–H and O–H groups in total. The van der Waals surface area contributed by atoms with E-state index in [0.717, 1.165) is 19.1 Å². The number of amides is 1. The van der Waals surface area contributed by atoms with Gasteiger partial charge in [0.05, 0.1) is 21.9 Å². The van der Waals surface area contributed by atoms with Crippen LogP contribution in [0.5, 0.6) is 5.75 Å². The molecule has 152 valence electrons. The minimum atomic E-state index is -1.55. The smallest absolute Gasteiger partial charge is 0.273 e. The summed E-state index contributed by atoms with van der Waals surface area (Å²) < 4.78 is 4.16. The minimum absolute atomic E-state index is 0.227. The van der Waals surface area contributed by atoms with Crippen molar-refractivity contribution in [3.8, 4) is 5.75 Å². The molecule has 0 radical (unpaired) electrons. The lowest BCUT2D eigenvalue weighted by Gasteiger charge is -2.09. The summed E-state index contributed by atoms with van der Waals surface area (Å²) >= 11 is 0.267. The third kappa shape index (κ3) is 6.05. The Morgan fingerprint density at radius 3 is 2.55 bits per heavy atom. The average Bonchev–Trinajstić information content (AvgIpc) is 2.68. The lowest BCUT2D eigenvalue weighted by atomic mass is 10.2. The Balaban J connectivity index is 2.32. The summed E-state index contributed by atoms with van der Waals surface area (Å²) in [4.78, 5) is 34.2. The summed E-state index contributed by atoms with van der Waals surface area (Å²) in [5.74, 6) is -2.02. The van der Waals surface area contributed by atoms with Crippen LogP contribution >= 0.6 is 12.0 Å². The van der Waals surface area contributed by atoms with Gasteiger partial charge in [-0.1, -0.05) is 23.2 Å². The van der Waals surface area contributed by atoms with Gasteiger partial charge in [-0.2, -0.15) is 10.2 Å². The lowest BCUT2D eigenvalue weighted by molar-refractivity contribution is -0.432. The zero-order valence-electron chi connectivity index (χ0n) is 14.7. The average molecular weight is 422 g/mol. The Labute approximate surface area is 167 Å². The highest BCUT2D eigenvalue weighted by Crippen LogP contribution is 2.41. The number of nitro benzene ring substituents is 1. The van der Waals surface area contributed by atoms with Crippen LogP contribution in [0.4, 0.5) is 17.1 Å². The number of carbonyl (C=O) groups excluding carboxylic acids is 2. The van der Waals surface area contributed by atoms with Gasteiger partial charge in [-0.05, 0) is 19.1 Å².